The van der Waals surface area contributed by atoms with Gasteiger partial charge in [-0.3, -0.25) is 0 Å². The van der Waals surface area contributed by atoms with E-state index in [1.165, 1.54) is 13.4 Å². The van der Waals surface area contributed by atoms with Gasteiger partial charge in [0.25, 0.3) is 0 Å². The Morgan fingerprint density at radius 2 is 2.23 bits per heavy atom. The van der Waals surface area contributed by atoms with Crippen molar-refractivity contribution in [2.75, 3.05) is 58.2 Å². The SMILES string of the molecule is COc1ncnc(N(C)C)c1NC(=O)N(C)CC1CCOC1. The molecule has 0 radical (unpaired) electrons. The van der Waals surface area contributed by atoms with Crippen molar-refractivity contribution in [1.29, 1.82) is 0 Å². The predicted molar refractivity (Wildman–Crippen MR) is 83.5 cm³/mol. The van der Waals surface area contributed by atoms with E-state index in [-0.39, 0.29) is 6.03 Å². The zero-order chi connectivity index (χ0) is 16.1. The van der Waals surface area contributed by atoms with E-state index < -0.39 is 0 Å². The number of anilines is 2. The molecule has 0 bridgehead atoms. The zero-order valence-corrected chi connectivity index (χ0v) is 13.5. The molecule has 0 saturated carbocycles. The summed E-state index contributed by atoms with van der Waals surface area (Å²) in [5, 5.41) is 2.84. The molecule has 1 aliphatic heterocycles. The van der Waals surface area contributed by atoms with Gasteiger partial charge in [0.15, 0.2) is 5.82 Å². The van der Waals surface area contributed by atoms with Crippen molar-refractivity contribution in [3.63, 3.8) is 0 Å². The number of carbonyl (C=O) groups excluding carboxylic acids is 1. The van der Waals surface area contributed by atoms with Crippen LogP contribution in [0.3, 0.4) is 0 Å². The number of amides is 2. The van der Waals surface area contributed by atoms with Crippen LogP contribution in [0.4, 0.5) is 16.3 Å². The van der Waals surface area contributed by atoms with E-state index in [0.717, 1.165) is 13.0 Å². The second kappa shape index (κ2) is 7.26. The van der Waals surface area contributed by atoms with Gasteiger partial charge in [0.05, 0.1) is 13.7 Å². The predicted octanol–water partition coefficient (Wildman–Crippen LogP) is 1.05. The first kappa shape index (κ1) is 16.3. The highest BCUT2D eigenvalue weighted by atomic mass is 16.5. The van der Waals surface area contributed by atoms with E-state index in [1.54, 1.807) is 16.8 Å². The van der Waals surface area contributed by atoms with Gasteiger partial charge in [-0.05, 0) is 6.42 Å². The van der Waals surface area contributed by atoms with Crippen molar-refractivity contribution < 1.29 is 14.3 Å². The second-order valence-electron chi connectivity index (χ2n) is 5.52. The number of rotatable bonds is 5. The van der Waals surface area contributed by atoms with Gasteiger partial charge >= 0.3 is 6.03 Å². The van der Waals surface area contributed by atoms with Gasteiger partial charge in [0.1, 0.15) is 12.0 Å². The Morgan fingerprint density at radius 3 is 2.82 bits per heavy atom. The second-order valence-corrected chi connectivity index (χ2v) is 5.52. The zero-order valence-electron chi connectivity index (χ0n) is 13.5. The van der Waals surface area contributed by atoms with Crippen LogP contribution in [0, 0.1) is 5.92 Å². The van der Waals surface area contributed by atoms with Crippen LogP contribution < -0.4 is 15.0 Å². The Labute approximate surface area is 130 Å². The Bertz CT molecular complexity index is 517. The average Bonchev–Trinajstić information content (AvgIpc) is 2.99. The summed E-state index contributed by atoms with van der Waals surface area (Å²) in [7, 11) is 6.96. The maximum atomic E-state index is 12.4. The molecule has 0 spiro atoms. The number of aromatic nitrogens is 2. The van der Waals surface area contributed by atoms with Gasteiger partial charge in [-0.25, -0.2) is 9.78 Å². The largest absolute Gasteiger partial charge is 0.479 e. The molecule has 1 aromatic heterocycles. The van der Waals surface area contributed by atoms with Crippen LogP contribution in [0.1, 0.15) is 6.42 Å². The number of nitrogens with zero attached hydrogens (tertiary/aromatic N) is 4. The molecule has 122 valence electrons. The number of nitrogens with one attached hydrogen (secondary N) is 1. The number of methoxy groups -OCH3 is 1. The summed E-state index contributed by atoms with van der Waals surface area (Å²) in [6.07, 6.45) is 2.39. The molecule has 8 heteroatoms. The fourth-order valence-electron chi connectivity index (χ4n) is 2.36. The van der Waals surface area contributed by atoms with Crippen molar-refractivity contribution >= 4 is 17.5 Å². The standard InChI is InChI=1S/C14H23N5O3/c1-18(2)12-11(13(21-4)16-9-15-12)17-14(20)19(3)7-10-5-6-22-8-10/h9-10H,5-8H2,1-4H3,(H,17,20). The van der Waals surface area contributed by atoms with E-state index in [2.05, 4.69) is 15.3 Å². The number of hydrogen-bond donors (Lipinski definition) is 1. The van der Waals surface area contributed by atoms with Crippen LogP contribution in [0.2, 0.25) is 0 Å². The van der Waals surface area contributed by atoms with E-state index in [9.17, 15) is 4.79 Å². The van der Waals surface area contributed by atoms with Crippen LogP contribution in [-0.4, -0.2) is 68.9 Å². The minimum Gasteiger partial charge on any atom is -0.479 e. The van der Waals surface area contributed by atoms with Crippen molar-refractivity contribution in [3.8, 4) is 5.88 Å². The Morgan fingerprint density at radius 1 is 1.45 bits per heavy atom. The first-order chi connectivity index (χ1) is 10.5. The molecule has 22 heavy (non-hydrogen) atoms. The summed E-state index contributed by atoms with van der Waals surface area (Å²) in [6.45, 7) is 2.13. The van der Waals surface area contributed by atoms with Crippen LogP contribution in [0.15, 0.2) is 6.33 Å². The van der Waals surface area contributed by atoms with Gasteiger partial charge in [0, 0.05) is 40.2 Å². The molecule has 1 unspecified atom stereocenters. The number of urea groups is 1. The highest BCUT2D eigenvalue weighted by Crippen LogP contribution is 2.30. The van der Waals surface area contributed by atoms with Crippen LogP contribution >= 0.6 is 0 Å². The lowest BCUT2D eigenvalue weighted by Gasteiger charge is -2.23. The van der Waals surface area contributed by atoms with Gasteiger partial charge < -0.3 is 24.6 Å². The molecule has 1 N–H and O–H groups in total. The third kappa shape index (κ3) is 3.76. The number of hydrogen-bond acceptors (Lipinski definition) is 6. The summed E-state index contributed by atoms with van der Waals surface area (Å²) in [6, 6.07) is -0.219. The highest BCUT2D eigenvalue weighted by Gasteiger charge is 2.22. The molecule has 2 heterocycles. The van der Waals surface area contributed by atoms with Crippen LogP contribution in [-0.2, 0) is 4.74 Å². The molecule has 1 fully saturated rings. The van der Waals surface area contributed by atoms with Crippen LogP contribution in [0.5, 0.6) is 5.88 Å². The maximum Gasteiger partial charge on any atom is 0.321 e. The van der Waals surface area contributed by atoms with Gasteiger partial charge in [0.2, 0.25) is 5.88 Å². The van der Waals surface area contributed by atoms with Crippen LogP contribution in [0.25, 0.3) is 0 Å². The maximum absolute atomic E-state index is 12.4. The summed E-state index contributed by atoms with van der Waals surface area (Å²) in [4.78, 5) is 24.1. The lowest BCUT2D eigenvalue weighted by molar-refractivity contribution is 0.175. The lowest BCUT2D eigenvalue weighted by Crippen LogP contribution is -2.36. The normalized spacial score (nSPS) is 17.2. The molecular weight excluding hydrogens is 286 g/mol. The number of ether oxygens (including phenoxy) is 2. The quantitative estimate of drug-likeness (QED) is 0.876. The Balaban J connectivity index is 2.09. The Kier molecular flexibility index (Phi) is 5.37. The summed E-state index contributed by atoms with van der Waals surface area (Å²) in [5.74, 6) is 1.32. The van der Waals surface area contributed by atoms with Crippen molar-refractivity contribution in [3.05, 3.63) is 6.33 Å². The van der Waals surface area contributed by atoms with E-state index >= 15 is 0 Å². The molecule has 1 aromatic rings. The fraction of sp³-hybridized carbons (Fsp3) is 0.643. The van der Waals surface area contributed by atoms with Crippen molar-refractivity contribution in [1.82, 2.24) is 14.9 Å². The third-order valence-electron chi connectivity index (χ3n) is 3.54. The van der Waals surface area contributed by atoms with E-state index in [1.807, 2.05) is 14.1 Å². The average molecular weight is 309 g/mol. The molecular formula is C14H23N5O3. The molecule has 0 aromatic carbocycles. The fourth-order valence-corrected chi connectivity index (χ4v) is 2.36. The Hall–Kier alpha value is -2.09. The molecule has 2 amide bonds. The van der Waals surface area contributed by atoms with Gasteiger partial charge in [-0.15, -0.1) is 0 Å². The van der Waals surface area contributed by atoms with Crippen molar-refractivity contribution in [2.24, 2.45) is 5.92 Å². The van der Waals surface area contributed by atoms with E-state index in [4.69, 9.17) is 9.47 Å². The molecule has 2 rings (SSSR count). The van der Waals surface area contributed by atoms with Gasteiger partial charge in [-0.1, -0.05) is 0 Å². The van der Waals surface area contributed by atoms with E-state index in [0.29, 0.717) is 36.5 Å². The highest BCUT2D eigenvalue weighted by molar-refractivity contribution is 5.94. The minimum absolute atomic E-state index is 0.219. The first-order valence-electron chi connectivity index (χ1n) is 7.19. The molecule has 1 aliphatic rings. The molecule has 0 aliphatic carbocycles. The summed E-state index contributed by atoms with van der Waals surface area (Å²) >= 11 is 0. The molecule has 1 atom stereocenters. The first-order valence-corrected chi connectivity index (χ1v) is 7.19. The van der Waals surface area contributed by atoms with Crippen molar-refractivity contribution in [2.45, 2.75) is 6.42 Å². The topological polar surface area (TPSA) is 79.8 Å². The molecule has 1 saturated heterocycles. The minimum atomic E-state index is -0.219. The summed E-state index contributed by atoms with van der Waals surface area (Å²) in [5.41, 5.74) is 0.467. The molecule has 8 nitrogen and oxygen atoms in total. The monoisotopic (exact) mass is 309 g/mol. The number of carbonyl (C=O) groups is 1. The lowest BCUT2D eigenvalue weighted by atomic mass is 10.1. The summed E-state index contributed by atoms with van der Waals surface area (Å²) < 4.78 is 10.6. The van der Waals surface area contributed by atoms with Gasteiger partial charge in [-0.2, -0.15) is 4.98 Å². The third-order valence-corrected chi connectivity index (χ3v) is 3.54. The smallest absolute Gasteiger partial charge is 0.321 e.